The fourth-order valence-corrected chi connectivity index (χ4v) is 3.26. The predicted octanol–water partition coefficient (Wildman–Crippen LogP) is 4.35. The predicted molar refractivity (Wildman–Crippen MR) is 112 cm³/mol. The van der Waals surface area contributed by atoms with Gasteiger partial charge in [0, 0.05) is 0 Å². The molecule has 0 heterocycles. The van der Waals surface area contributed by atoms with Crippen molar-refractivity contribution in [2.45, 2.75) is 37.4 Å². The van der Waals surface area contributed by atoms with E-state index in [9.17, 15) is 35.6 Å². The first-order valence-corrected chi connectivity index (χ1v) is 10.8. The van der Waals surface area contributed by atoms with Crippen molar-refractivity contribution in [3.05, 3.63) is 53.3 Å². The molecule has 2 aromatic carbocycles. The maximum absolute atomic E-state index is 14.2. The van der Waals surface area contributed by atoms with Crippen LogP contribution in [0.3, 0.4) is 0 Å². The van der Waals surface area contributed by atoms with Crippen LogP contribution in [0, 0.1) is 5.82 Å². The molecule has 0 saturated carbocycles. The molecule has 180 valence electrons. The van der Waals surface area contributed by atoms with Gasteiger partial charge in [-0.1, -0.05) is 0 Å². The molecule has 0 aliphatic rings. The van der Waals surface area contributed by atoms with E-state index in [1.807, 2.05) is 4.72 Å². The Hall–Kier alpha value is -3.19. The van der Waals surface area contributed by atoms with Gasteiger partial charge in [-0.05, 0) is 64.2 Å². The quantitative estimate of drug-likeness (QED) is 0.538. The van der Waals surface area contributed by atoms with Crippen LogP contribution in [0.5, 0.6) is 0 Å². The summed E-state index contributed by atoms with van der Waals surface area (Å²) in [5.41, 5.74) is -3.58. The van der Waals surface area contributed by atoms with Crippen molar-refractivity contribution in [2.24, 2.45) is 0 Å². The van der Waals surface area contributed by atoms with Crippen molar-refractivity contribution in [3.8, 4) is 0 Å². The summed E-state index contributed by atoms with van der Waals surface area (Å²) in [5.74, 6) is -2.36. The number of benzene rings is 2. The highest BCUT2D eigenvalue weighted by molar-refractivity contribution is 7.89. The van der Waals surface area contributed by atoms with E-state index in [4.69, 9.17) is 4.74 Å². The summed E-state index contributed by atoms with van der Waals surface area (Å²) in [6, 6.07) is 4.47. The van der Waals surface area contributed by atoms with Gasteiger partial charge in [0.25, 0.3) is 5.91 Å². The summed E-state index contributed by atoms with van der Waals surface area (Å²) in [6.45, 7) is 4.70. The first-order valence-electron chi connectivity index (χ1n) is 9.29. The number of rotatable bonds is 5. The molecule has 0 aliphatic carbocycles. The SMILES string of the molecule is CNS(=O)(=O)c1ccc(F)c(C(=O)Nc2cc(C(F)(F)F)ccc2NC(=O)OC(C)(C)C)c1. The lowest BCUT2D eigenvalue weighted by Gasteiger charge is -2.21. The lowest BCUT2D eigenvalue weighted by Crippen LogP contribution is -2.28. The van der Waals surface area contributed by atoms with E-state index in [2.05, 4.69) is 10.6 Å². The Bertz CT molecular complexity index is 1180. The van der Waals surface area contributed by atoms with E-state index in [0.717, 1.165) is 31.3 Å². The Morgan fingerprint density at radius 2 is 1.58 bits per heavy atom. The fraction of sp³-hybridized carbons (Fsp3) is 0.300. The normalized spacial score (nSPS) is 12.2. The number of ether oxygens (including phenoxy) is 1. The Balaban J connectivity index is 2.47. The molecule has 0 aromatic heterocycles. The molecule has 0 radical (unpaired) electrons. The zero-order valence-corrected chi connectivity index (χ0v) is 18.7. The minimum Gasteiger partial charge on any atom is -0.444 e. The number of halogens is 4. The van der Waals surface area contributed by atoms with Gasteiger partial charge in [-0.15, -0.1) is 0 Å². The summed E-state index contributed by atoms with van der Waals surface area (Å²) >= 11 is 0. The minimum atomic E-state index is -4.78. The molecular weight excluding hydrogens is 470 g/mol. The molecule has 2 amide bonds. The average Bonchev–Trinajstić information content (AvgIpc) is 2.67. The molecule has 0 unspecified atom stereocenters. The summed E-state index contributed by atoms with van der Waals surface area (Å²) in [6.07, 6.45) is -5.79. The molecule has 3 N–H and O–H groups in total. The van der Waals surface area contributed by atoms with Crippen molar-refractivity contribution in [2.75, 3.05) is 17.7 Å². The highest BCUT2D eigenvalue weighted by Gasteiger charge is 2.32. The highest BCUT2D eigenvalue weighted by Crippen LogP contribution is 2.34. The number of anilines is 2. The second kappa shape index (κ2) is 9.35. The lowest BCUT2D eigenvalue weighted by atomic mass is 10.1. The van der Waals surface area contributed by atoms with Gasteiger partial charge in [-0.25, -0.2) is 22.3 Å². The van der Waals surface area contributed by atoms with E-state index in [0.29, 0.717) is 12.1 Å². The van der Waals surface area contributed by atoms with Crippen LogP contribution in [0.4, 0.5) is 33.7 Å². The van der Waals surface area contributed by atoms with Crippen LogP contribution in [0.1, 0.15) is 36.7 Å². The van der Waals surface area contributed by atoms with Crippen LogP contribution in [-0.4, -0.2) is 33.1 Å². The lowest BCUT2D eigenvalue weighted by molar-refractivity contribution is -0.137. The van der Waals surface area contributed by atoms with Gasteiger partial charge in [0.05, 0.1) is 27.4 Å². The summed E-state index contributed by atoms with van der Waals surface area (Å²) in [5, 5.41) is 4.30. The smallest absolute Gasteiger partial charge is 0.416 e. The number of carbonyl (C=O) groups is 2. The van der Waals surface area contributed by atoms with Crippen LogP contribution in [0.2, 0.25) is 0 Å². The van der Waals surface area contributed by atoms with Crippen LogP contribution in [0.25, 0.3) is 0 Å². The van der Waals surface area contributed by atoms with Crippen LogP contribution < -0.4 is 15.4 Å². The molecule has 0 saturated heterocycles. The second-order valence-corrected chi connectivity index (χ2v) is 9.57. The zero-order valence-electron chi connectivity index (χ0n) is 17.9. The summed E-state index contributed by atoms with van der Waals surface area (Å²) in [4.78, 5) is 24.3. The molecule has 33 heavy (non-hydrogen) atoms. The Morgan fingerprint density at radius 1 is 0.939 bits per heavy atom. The van der Waals surface area contributed by atoms with Gasteiger partial charge in [-0.3, -0.25) is 10.1 Å². The number of hydrogen-bond acceptors (Lipinski definition) is 5. The standard InChI is InChI=1S/C20H21F4N3O5S/c1-19(2,3)32-18(29)27-15-8-5-11(20(22,23)24)9-16(15)26-17(28)13-10-12(6-7-14(13)21)33(30,31)25-4/h5-10,25H,1-4H3,(H,26,28)(H,27,29). The first-order chi connectivity index (χ1) is 15.0. The van der Waals surface area contributed by atoms with Gasteiger partial charge < -0.3 is 10.1 Å². The van der Waals surface area contributed by atoms with E-state index in [1.165, 1.54) is 0 Å². The van der Waals surface area contributed by atoms with Crippen molar-refractivity contribution in [1.29, 1.82) is 0 Å². The number of alkyl halides is 3. The Morgan fingerprint density at radius 3 is 2.12 bits per heavy atom. The number of carbonyl (C=O) groups excluding carboxylic acids is 2. The van der Waals surface area contributed by atoms with Crippen LogP contribution in [-0.2, 0) is 20.9 Å². The molecule has 8 nitrogen and oxygen atoms in total. The largest absolute Gasteiger partial charge is 0.444 e. The average molecular weight is 491 g/mol. The second-order valence-electron chi connectivity index (χ2n) is 7.69. The van der Waals surface area contributed by atoms with Crippen molar-refractivity contribution in [1.82, 2.24) is 4.72 Å². The van der Waals surface area contributed by atoms with E-state index < -0.39 is 61.3 Å². The number of sulfonamides is 1. The van der Waals surface area contributed by atoms with E-state index in [1.54, 1.807) is 20.8 Å². The molecule has 0 bridgehead atoms. The molecule has 0 atom stereocenters. The van der Waals surface area contributed by atoms with Crippen LogP contribution in [0.15, 0.2) is 41.3 Å². The topological polar surface area (TPSA) is 114 Å². The van der Waals surface area contributed by atoms with E-state index in [-0.39, 0.29) is 5.69 Å². The van der Waals surface area contributed by atoms with Gasteiger partial charge in [0.1, 0.15) is 11.4 Å². The minimum absolute atomic E-state index is 0.259. The maximum Gasteiger partial charge on any atom is 0.416 e. The number of hydrogen-bond donors (Lipinski definition) is 3. The van der Waals surface area contributed by atoms with Gasteiger partial charge in [0.15, 0.2) is 0 Å². The van der Waals surface area contributed by atoms with Gasteiger partial charge in [-0.2, -0.15) is 13.2 Å². The fourth-order valence-electron chi connectivity index (χ4n) is 2.50. The zero-order chi connectivity index (χ0) is 25.2. The van der Waals surface area contributed by atoms with Crippen LogP contribution >= 0.6 is 0 Å². The third-order valence-electron chi connectivity index (χ3n) is 3.99. The summed E-state index contributed by atoms with van der Waals surface area (Å²) in [7, 11) is -2.92. The highest BCUT2D eigenvalue weighted by atomic mass is 32.2. The Labute approximate surface area is 187 Å². The molecule has 0 aliphatic heterocycles. The molecule has 13 heteroatoms. The summed E-state index contributed by atoms with van der Waals surface area (Å²) < 4.78 is 84.7. The van der Waals surface area contributed by atoms with E-state index >= 15 is 0 Å². The maximum atomic E-state index is 14.2. The molecule has 0 fully saturated rings. The Kier molecular flexibility index (Phi) is 7.39. The monoisotopic (exact) mass is 491 g/mol. The third kappa shape index (κ3) is 6.89. The van der Waals surface area contributed by atoms with Crippen molar-refractivity contribution in [3.63, 3.8) is 0 Å². The molecule has 2 rings (SSSR count). The van der Waals surface area contributed by atoms with Gasteiger partial charge >= 0.3 is 12.3 Å². The third-order valence-corrected chi connectivity index (χ3v) is 5.40. The number of amides is 2. The molecule has 0 spiro atoms. The van der Waals surface area contributed by atoms with Crippen molar-refractivity contribution < 1.29 is 40.3 Å². The van der Waals surface area contributed by atoms with Crippen molar-refractivity contribution >= 4 is 33.4 Å². The number of nitrogens with one attached hydrogen (secondary N) is 3. The first kappa shape index (κ1) is 26.1. The molecular formula is C20H21F4N3O5S. The molecule has 2 aromatic rings. The van der Waals surface area contributed by atoms with Gasteiger partial charge in [0.2, 0.25) is 10.0 Å².